The maximum absolute atomic E-state index is 4.53. The normalized spacial score (nSPS) is 10.9. The molecule has 21 heavy (non-hydrogen) atoms. The van der Waals surface area contributed by atoms with Gasteiger partial charge in [0.15, 0.2) is 5.82 Å². The smallest absolute Gasteiger partial charge is 0.159 e. The fraction of sp³-hybridized carbons (Fsp3) is 0.222. The molecular weight excluding hydrogens is 258 g/mol. The highest BCUT2D eigenvalue weighted by molar-refractivity contribution is 5.94. The standard InChI is InChI=1S/C18H19N3/c1-2-10-19-11-14-12-20-18(21-13-14)17-9-5-7-15-6-3-4-8-16(15)17/h3-9,12-13,19H,2,10-11H2,1H3. The SMILES string of the molecule is CCCNCc1cnc(-c2cccc3ccccc23)nc1. The van der Waals surface area contributed by atoms with Gasteiger partial charge in [0.05, 0.1) is 0 Å². The summed E-state index contributed by atoms with van der Waals surface area (Å²) < 4.78 is 0. The van der Waals surface area contributed by atoms with Crippen molar-refractivity contribution in [2.24, 2.45) is 0 Å². The molecule has 0 aliphatic rings. The number of fused-ring (bicyclic) bond motifs is 1. The van der Waals surface area contributed by atoms with Gasteiger partial charge in [-0.05, 0) is 23.7 Å². The highest BCUT2D eigenvalue weighted by atomic mass is 14.9. The molecule has 0 aliphatic heterocycles. The van der Waals surface area contributed by atoms with Crippen LogP contribution in [0.25, 0.3) is 22.2 Å². The Morgan fingerprint density at radius 3 is 2.52 bits per heavy atom. The summed E-state index contributed by atoms with van der Waals surface area (Å²) in [7, 11) is 0. The zero-order chi connectivity index (χ0) is 14.5. The van der Waals surface area contributed by atoms with Gasteiger partial charge in [0.25, 0.3) is 0 Å². The van der Waals surface area contributed by atoms with Gasteiger partial charge in [0.1, 0.15) is 0 Å². The third kappa shape index (κ3) is 3.09. The molecule has 0 unspecified atom stereocenters. The topological polar surface area (TPSA) is 37.8 Å². The quantitative estimate of drug-likeness (QED) is 0.721. The molecule has 1 N–H and O–H groups in total. The summed E-state index contributed by atoms with van der Waals surface area (Å²) in [6.45, 7) is 4.00. The first kappa shape index (κ1) is 13.7. The van der Waals surface area contributed by atoms with Crippen LogP contribution in [-0.4, -0.2) is 16.5 Å². The van der Waals surface area contributed by atoms with Crippen molar-refractivity contribution in [1.29, 1.82) is 0 Å². The minimum atomic E-state index is 0.783. The zero-order valence-electron chi connectivity index (χ0n) is 12.2. The lowest BCUT2D eigenvalue weighted by molar-refractivity contribution is 0.672. The first-order valence-electron chi connectivity index (χ1n) is 7.38. The maximum atomic E-state index is 4.53. The minimum absolute atomic E-state index is 0.783. The molecule has 3 aromatic rings. The maximum Gasteiger partial charge on any atom is 0.159 e. The van der Waals surface area contributed by atoms with Crippen LogP contribution in [0.2, 0.25) is 0 Å². The van der Waals surface area contributed by atoms with Crippen molar-refractivity contribution in [3.05, 3.63) is 60.4 Å². The van der Waals surface area contributed by atoms with Gasteiger partial charge in [-0.25, -0.2) is 9.97 Å². The molecule has 0 bridgehead atoms. The summed E-state index contributed by atoms with van der Waals surface area (Å²) in [6, 6.07) is 14.6. The Morgan fingerprint density at radius 1 is 0.952 bits per heavy atom. The molecule has 3 heteroatoms. The second-order valence-corrected chi connectivity index (χ2v) is 5.12. The molecule has 1 aromatic heterocycles. The van der Waals surface area contributed by atoms with Gasteiger partial charge in [-0.1, -0.05) is 49.4 Å². The molecule has 3 nitrogen and oxygen atoms in total. The van der Waals surface area contributed by atoms with E-state index in [0.29, 0.717) is 0 Å². The van der Waals surface area contributed by atoms with E-state index in [1.165, 1.54) is 10.8 Å². The summed E-state index contributed by atoms with van der Waals surface area (Å²) >= 11 is 0. The zero-order valence-corrected chi connectivity index (χ0v) is 12.2. The Hall–Kier alpha value is -2.26. The largest absolute Gasteiger partial charge is 0.313 e. The van der Waals surface area contributed by atoms with Crippen LogP contribution >= 0.6 is 0 Å². The van der Waals surface area contributed by atoms with E-state index in [9.17, 15) is 0 Å². The molecule has 0 aliphatic carbocycles. The molecule has 0 atom stereocenters. The second-order valence-electron chi connectivity index (χ2n) is 5.12. The second kappa shape index (κ2) is 6.46. The van der Waals surface area contributed by atoms with Crippen LogP contribution in [0.1, 0.15) is 18.9 Å². The average Bonchev–Trinajstić information content (AvgIpc) is 2.55. The molecule has 0 saturated carbocycles. The van der Waals surface area contributed by atoms with E-state index in [0.717, 1.165) is 36.5 Å². The van der Waals surface area contributed by atoms with Gasteiger partial charge in [-0.15, -0.1) is 0 Å². The lowest BCUT2D eigenvalue weighted by Gasteiger charge is -2.07. The van der Waals surface area contributed by atoms with E-state index in [1.54, 1.807) is 0 Å². The highest BCUT2D eigenvalue weighted by Gasteiger charge is 2.05. The molecule has 0 amide bonds. The number of nitrogens with zero attached hydrogens (tertiary/aromatic N) is 2. The van der Waals surface area contributed by atoms with E-state index in [1.807, 2.05) is 12.4 Å². The first-order valence-corrected chi connectivity index (χ1v) is 7.38. The summed E-state index contributed by atoms with van der Waals surface area (Å²) in [5.74, 6) is 0.783. The Bertz CT molecular complexity index is 715. The number of aromatic nitrogens is 2. The lowest BCUT2D eigenvalue weighted by Crippen LogP contribution is -2.14. The van der Waals surface area contributed by atoms with Crippen molar-refractivity contribution in [3.63, 3.8) is 0 Å². The van der Waals surface area contributed by atoms with E-state index in [2.05, 4.69) is 64.7 Å². The third-order valence-electron chi connectivity index (χ3n) is 3.49. The number of hydrogen-bond donors (Lipinski definition) is 1. The molecule has 2 aromatic carbocycles. The molecular formula is C18H19N3. The molecule has 0 saturated heterocycles. The van der Waals surface area contributed by atoms with Crippen LogP contribution in [0.3, 0.4) is 0 Å². The minimum Gasteiger partial charge on any atom is -0.313 e. The molecule has 3 rings (SSSR count). The van der Waals surface area contributed by atoms with Crippen LogP contribution in [0.15, 0.2) is 54.9 Å². The van der Waals surface area contributed by atoms with Crippen LogP contribution < -0.4 is 5.32 Å². The summed E-state index contributed by atoms with van der Waals surface area (Å²) in [5.41, 5.74) is 2.20. The van der Waals surface area contributed by atoms with E-state index in [4.69, 9.17) is 0 Å². The number of hydrogen-bond acceptors (Lipinski definition) is 3. The fourth-order valence-corrected chi connectivity index (χ4v) is 2.42. The van der Waals surface area contributed by atoms with Crippen LogP contribution in [0.5, 0.6) is 0 Å². The van der Waals surface area contributed by atoms with Gasteiger partial charge in [0.2, 0.25) is 0 Å². The van der Waals surface area contributed by atoms with Crippen molar-refractivity contribution in [1.82, 2.24) is 15.3 Å². The van der Waals surface area contributed by atoms with E-state index >= 15 is 0 Å². The summed E-state index contributed by atoms with van der Waals surface area (Å²) in [6.07, 6.45) is 4.95. The van der Waals surface area contributed by atoms with Crippen molar-refractivity contribution < 1.29 is 0 Å². The Kier molecular flexibility index (Phi) is 4.22. The highest BCUT2D eigenvalue weighted by Crippen LogP contribution is 2.25. The monoisotopic (exact) mass is 277 g/mol. The van der Waals surface area contributed by atoms with Crippen molar-refractivity contribution >= 4 is 10.8 Å². The van der Waals surface area contributed by atoms with E-state index in [-0.39, 0.29) is 0 Å². The van der Waals surface area contributed by atoms with E-state index < -0.39 is 0 Å². The molecule has 0 spiro atoms. The molecule has 1 heterocycles. The number of benzene rings is 2. The number of nitrogens with one attached hydrogen (secondary N) is 1. The average molecular weight is 277 g/mol. The molecule has 0 radical (unpaired) electrons. The van der Waals surface area contributed by atoms with Crippen LogP contribution in [0, 0.1) is 0 Å². The van der Waals surface area contributed by atoms with Gasteiger partial charge in [-0.3, -0.25) is 0 Å². The Balaban J connectivity index is 1.89. The predicted molar refractivity (Wildman–Crippen MR) is 87.0 cm³/mol. The van der Waals surface area contributed by atoms with Crippen molar-refractivity contribution in [2.45, 2.75) is 19.9 Å². The Morgan fingerprint density at radius 2 is 1.71 bits per heavy atom. The third-order valence-corrected chi connectivity index (χ3v) is 3.49. The summed E-state index contributed by atoms with van der Waals surface area (Å²) in [5, 5.41) is 5.77. The van der Waals surface area contributed by atoms with Crippen LogP contribution in [0.4, 0.5) is 0 Å². The van der Waals surface area contributed by atoms with Gasteiger partial charge < -0.3 is 5.32 Å². The lowest BCUT2D eigenvalue weighted by atomic mass is 10.0. The van der Waals surface area contributed by atoms with Crippen molar-refractivity contribution in [2.75, 3.05) is 6.54 Å². The van der Waals surface area contributed by atoms with Crippen molar-refractivity contribution in [3.8, 4) is 11.4 Å². The van der Waals surface area contributed by atoms with Gasteiger partial charge in [-0.2, -0.15) is 0 Å². The summed E-state index contributed by atoms with van der Waals surface area (Å²) in [4.78, 5) is 9.05. The Labute approximate surface area is 125 Å². The van der Waals surface area contributed by atoms with Crippen LogP contribution in [-0.2, 0) is 6.54 Å². The first-order chi connectivity index (χ1) is 10.4. The van der Waals surface area contributed by atoms with Gasteiger partial charge in [0, 0.05) is 30.1 Å². The molecule has 0 fully saturated rings. The fourth-order valence-electron chi connectivity index (χ4n) is 2.42. The predicted octanol–water partition coefficient (Wildman–Crippen LogP) is 3.80. The number of rotatable bonds is 5. The van der Waals surface area contributed by atoms with Gasteiger partial charge >= 0.3 is 0 Å². The molecule has 106 valence electrons.